The van der Waals surface area contributed by atoms with Gasteiger partial charge in [-0.25, -0.2) is 0 Å². The van der Waals surface area contributed by atoms with E-state index in [0.29, 0.717) is 12.5 Å². The van der Waals surface area contributed by atoms with Crippen LogP contribution in [-0.2, 0) is 4.79 Å². The Labute approximate surface area is 78.7 Å². The van der Waals surface area contributed by atoms with Gasteiger partial charge in [-0.3, -0.25) is 4.79 Å². The van der Waals surface area contributed by atoms with Crippen molar-refractivity contribution in [2.24, 2.45) is 17.6 Å². The van der Waals surface area contributed by atoms with Crippen molar-refractivity contribution in [2.75, 3.05) is 13.2 Å². The van der Waals surface area contributed by atoms with Gasteiger partial charge < -0.3 is 15.9 Å². The molecule has 0 unspecified atom stereocenters. The van der Waals surface area contributed by atoms with Gasteiger partial charge >= 0.3 is 5.97 Å². The van der Waals surface area contributed by atoms with Crippen molar-refractivity contribution in [3.8, 4) is 0 Å². The fourth-order valence-corrected chi connectivity index (χ4v) is 1.42. The van der Waals surface area contributed by atoms with Gasteiger partial charge in [0.2, 0.25) is 0 Å². The monoisotopic (exact) mass is 189 g/mol. The third kappa shape index (κ3) is 6.54. The predicted octanol–water partition coefficient (Wildman–Crippen LogP) is 0.445. The number of hydrogen-bond acceptors (Lipinski definition) is 3. The SMILES string of the molecule is C[C@H](CCO)C[C@H](CN)CC(=O)O. The Kier molecular flexibility index (Phi) is 6.54. The second-order valence-electron chi connectivity index (χ2n) is 3.55. The van der Waals surface area contributed by atoms with Gasteiger partial charge in [0, 0.05) is 13.0 Å². The van der Waals surface area contributed by atoms with Crippen LogP contribution in [0.1, 0.15) is 26.2 Å². The van der Waals surface area contributed by atoms with Crippen molar-refractivity contribution in [1.82, 2.24) is 0 Å². The lowest BCUT2D eigenvalue weighted by molar-refractivity contribution is -0.138. The molecule has 13 heavy (non-hydrogen) atoms. The lowest BCUT2D eigenvalue weighted by Gasteiger charge is -2.16. The number of carbonyl (C=O) groups is 1. The highest BCUT2D eigenvalue weighted by atomic mass is 16.4. The van der Waals surface area contributed by atoms with E-state index in [1.165, 1.54) is 0 Å². The average molecular weight is 189 g/mol. The van der Waals surface area contributed by atoms with E-state index in [1.807, 2.05) is 6.92 Å². The number of hydrogen-bond donors (Lipinski definition) is 3. The molecule has 0 heterocycles. The third-order valence-electron chi connectivity index (χ3n) is 2.15. The molecule has 0 aliphatic rings. The molecule has 4 heteroatoms. The molecule has 0 amide bonds. The van der Waals surface area contributed by atoms with Gasteiger partial charge in [0.05, 0.1) is 0 Å². The highest BCUT2D eigenvalue weighted by molar-refractivity contribution is 5.67. The van der Waals surface area contributed by atoms with Gasteiger partial charge in [0.1, 0.15) is 0 Å². The number of carboxylic acids is 1. The Hall–Kier alpha value is -0.610. The predicted molar refractivity (Wildman–Crippen MR) is 50.3 cm³/mol. The number of aliphatic carboxylic acids is 1. The van der Waals surface area contributed by atoms with Crippen LogP contribution in [-0.4, -0.2) is 29.3 Å². The maximum absolute atomic E-state index is 10.4. The summed E-state index contributed by atoms with van der Waals surface area (Å²) in [4.78, 5) is 10.4. The van der Waals surface area contributed by atoms with Crippen LogP contribution in [0.2, 0.25) is 0 Å². The van der Waals surface area contributed by atoms with E-state index in [4.69, 9.17) is 15.9 Å². The Morgan fingerprint density at radius 1 is 1.54 bits per heavy atom. The van der Waals surface area contributed by atoms with E-state index in [2.05, 4.69) is 0 Å². The van der Waals surface area contributed by atoms with Crippen molar-refractivity contribution in [3.05, 3.63) is 0 Å². The van der Waals surface area contributed by atoms with Crippen molar-refractivity contribution in [1.29, 1.82) is 0 Å². The van der Waals surface area contributed by atoms with Crippen molar-refractivity contribution < 1.29 is 15.0 Å². The molecule has 0 saturated heterocycles. The van der Waals surface area contributed by atoms with Crippen molar-refractivity contribution in [3.63, 3.8) is 0 Å². The molecule has 0 rings (SSSR count). The molecule has 0 aromatic carbocycles. The number of carboxylic acid groups (broad SMARTS) is 1. The molecule has 0 spiro atoms. The van der Waals surface area contributed by atoms with Crippen LogP contribution < -0.4 is 5.73 Å². The number of nitrogens with two attached hydrogens (primary N) is 1. The number of aliphatic hydroxyl groups is 1. The summed E-state index contributed by atoms with van der Waals surface area (Å²) in [6, 6.07) is 0. The molecule has 0 aromatic heterocycles. The summed E-state index contributed by atoms with van der Waals surface area (Å²) >= 11 is 0. The molecule has 0 aromatic rings. The van der Waals surface area contributed by atoms with E-state index in [-0.39, 0.29) is 18.9 Å². The minimum Gasteiger partial charge on any atom is -0.481 e. The zero-order valence-corrected chi connectivity index (χ0v) is 8.07. The smallest absolute Gasteiger partial charge is 0.303 e. The average Bonchev–Trinajstić information content (AvgIpc) is 2.02. The first kappa shape index (κ1) is 12.4. The van der Waals surface area contributed by atoms with Crippen LogP contribution in [0.25, 0.3) is 0 Å². The lowest BCUT2D eigenvalue weighted by Crippen LogP contribution is -2.20. The van der Waals surface area contributed by atoms with Gasteiger partial charge in [0.25, 0.3) is 0 Å². The normalized spacial score (nSPS) is 15.3. The van der Waals surface area contributed by atoms with E-state index < -0.39 is 5.97 Å². The van der Waals surface area contributed by atoms with Gasteiger partial charge in [-0.2, -0.15) is 0 Å². The van der Waals surface area contributed by atoms with E-state index >= 15 is 0 Å². The van der Waals surface area contributed by atoms with E-state index in [1.54, 1.807) is 0 Å². The highest BCUT2D eigenvalue weighted by Crippen LogP contribution is 2.17. The molecular weight excluding hydrogens is 170 g/mol. The van der Waals surface area contributed by atoms with Crippen LogP contribution >= 0.6 is 0 Å². The molecule has 0 bridgehead atoms. The first-order valence-electron chi connectivity index (χ1n) is 4.62. The minimum absolute atomic E-state index is 0.0408. The van der Waals surface area contributed by atoms with Gasteiger partial charge in [0.15, 0.2) is 0 Å². The van der Waals surface area contributed by atoms with Crippen LogP contribution in [0.5, 0.6) is 0 Å². The second-order valence-corrected chi connectivity index (χ2v) is 3.55. The van der Waals surface area contributed by atoms with Crippen molar-refractivity contribution >= 4 is 5.97 Å². The van der Waals surface area contributed by atoms with Gasteiger partial charge in [-0.05, 0) is 31.2 Å². The van der Waals surface area contributed by atoms with Gasteiger partial charge in [-0.15, -0.1) is 0 Å². The molecule has 0 aliphatic heterocycles. The molecule has 4 nitrogen and oxygen atoms in total. The maximum Gasteiger partial charge on any atom is 0.303 e. The quantitative estimate of drug-likeness (QED) is 0.542. The minimum atomic E-state index is -0.799. The Morgan fingerprint density at radius 3 is 2.54 bits per heavy atom. The topological polar surface area (TPSA) is 83.5 Å². The summed E-state index contributed by atoms with van der Waals surface area (Å²) in [5.41, 5.74) is 5.44. The van der Waals surface area contributed by atoms with Crippen LogP contribution in [0, 0.1) is 11.8 Å². The molecule has 0 aliphatic carbocycles. The van der Waals surface area contributed by atoms with Gasteiger partial charge in [-0.1, -0.05) is 6.92 Å². The summed E-state index contributed by atoms with van der Waals surface area (Å²) < 4.78 is 0. The maximum atomic E-state index is 10.4. The molecule has 78 valence electrons. The zero-order valence-electron chi connectivity index (χ0n) is 8.07. The lowest BCUT2D eigenvalue weighted by atomic mass is 9.91. The van der Waals surface area contributed by atoms with Crippen LogP contribution in [0.4, 0.5) is 0 Å². The van der Waals surface area contributed by atoms with Crippen LogP contribution in [0.15, 0.2) is 0 Å². The summed E-state index contributed by atoms with van der Waals surface area (Å²) in [6.07, 6.45) is 1.63. The molecule has 2 atom stereocenters. The first-order chi connectivity index (χ1) is 6.10. The Bertz CT molecular complexity index is 150. The Balaban J connectivity index is 3.75. The largest absolute Gasteiger partial charge is 0.481 e. The number of aliphatic hydroxyl groups excluding tert-OH is 1. The summed E-state index contributed by atoms with van der Waals surface area (Å²) in [7, 11) is 0. The molecule has 0 fully saturated rings. The van der Waals surface area contributed by atoms with E-state index in [0.717, 1.165) is 12.8 Å². The zero-order chi connectivity index (χ0) is 10.3. The molecular formula is C9H19NO3. The summed E-state index contributed by atoms with van der Waals surface area (Å²) in [6.45, 7) is 2.56. The van der Waals surface area contributed by atoms with Crippen molar-refractivity contribution in [2.45, 2.75) is 26.2 Å². The second kappa shape index (κ2) is 6.86. The third-order valence-corrected chi connectivity index (χ3v) is 2.15. The summed E-state index contributed by atoms with van der Waals surface area (Å²) in [5.74, 6) is -0.413. The standard InChI is InChI=1S/C9H19NO3/c1-7(2-3-11)4-8(6-10)5-9(12)13/h7-8,11H,2-6,10H2,1H3,(H,12,13)/t7-,8+/m1/s1. The molecule has 0 saturated carbocycles. The summed E-state index contributed by atoms with van der Waals surface area (Å²) in [5, 5.41) is 17.2. The fraction of sp³-hybridized carbons (Fsp3) is 0.889. The fourth-order valence-electron chi connectivity index (χ4n) is 1.42. The molecule has 4 N–H and O–H groups in total. The first-order valence-corrected chi connectivity index (χ1v) is 4.62. The van der Waals surface area contributed by atoms with Crippen LogP contribution in [0.3, 0.4) is 0 Å². The Morgan fingerprint density at radius 2 is 2.15 bits per heavy atom. The highest BCUT2D eigenvalue weighted by Gasteiger charge is 2.14. The molecule has 0 radical (unpaired) electrons. The van der Waals surface area contributed by atoms with E-state index in [9.17, 15) is 4.79 Å². The number of rotatable bonds is 7.